The minimum absolute atomic E-state index is 0.0760. The summed E-state index contributed by atoms with van der Waals surface area (Å²) in [6.45, 7) is 1.25. The van der Waals surface area contributed by atoms with Gasteiger partial charge in [0.15, 0.2) is 9.84 Å². The van der Waals surface area contributed by atoms with Gasteiger partial charge in [0.1, 0.15) is 11.9 Å². The fourth-order valence-electron chi connectivity index (χ4n) is 2.79. The minimum atomic E-state index is -3.00. The number of nitrogens with one attached hydrogen (secondary N) is 1. The van der Waals surface area contributed by atoms with Gasteiger partial charge in [0.2, 0.25) is 0 Å². The zero-order chi connectivity index (χ0) is 12.6. The predicted octanol–water partition coefficient (Wildman–Crippen LogP) is -0.305. The molecular weight excluding hydrogens is 254 g/mol. The van der Waals surface area contributed by atoms with Crippen molar-refractivity contribution in [3.63, 3.8) is 0 Å². The number of morpholine rings is 1. The average molecular weight is 269 g/mol. The largest absolute Gasteiger partial charge is 0.371 e. The lowest BCUT2D eigenvalue weighted by Crippen LogP contribution is -2.53. The maximum atomic E-state index is 11.7. The van der Waals surface area contributed by atoms with Crippen LogP contribution in [0.4, 0.5) is 0 Å². The standard InChI is InChI=1S/C11H15N3O3S/c15-18(16)4-1-11(7-18)10(14-2-3-17-11)9-5-12-8-13-6-9/h5-6,8,10,14H,1-4,7H2. The van der Waals surface area contributed by atoms with Crippen LogP contribution in [0.25, 0.3) is 0 Å². The Labute approximate surface area is 106 Å². The SMILES string of the molecule is O=S1(=O)CCC2(C1)OCCNC2c1cncnc1. The predicted molar refractivity (Wildman–Crippen MR) is 64.7 cm³/mol. The first-order chi connectivity index (χ1) is 8.61. The van der Waals surface area contributed by atoms with E-state index in [1.807, 2.05) is 0 Å². The summed E-state index contributed by atoms with van der Waals surface area (Å²) in [6, 6.07) is -0.148. The van der Waals surface area contributed by atoms with Gasteiger partial charge in [-0.3, -0.25) is 0 Å². The molecule has 18 heavy (non-hydrogen) atoms. The summed E-state index contributed by atoms with van der Waals surface area (Å²) < 4.78 is 29.3. The highest BCUT2D eigenvalue weighted by Gasteiger charge is 2.51. The highest BCUT2D eigenvalue weighted by Crippen LogP contribution is 2.39. The summed E-state index contributed by atoms with van der Waals surface area (Å²) in [5, 5.41) is 3.34. The van der Waals surface area contributed by atoms with Crippen LogP contribution in [0.2, 0.25) is 0 Å². The van der Waals surface area contributed by atoms with Crippen LogP contribution in [0.1, 0.15) is 18.0 Å². The lowest BCUT2D eigenvalue weighted by molar-refractivity contribution is -0.0800. The van der Waals surface area contributed by atoms with Crippen molar-refractivity contribution in [2.75, 3.05) is 24.7 Å². The molecule has 0 aliphatic carbocycles. The lowest BCUT2D eigenvalue weighted by Gasteiger charge is -2.41. The van der Waals surface area contributed by atoms with Crippen molar-refractivity contribution in [1.82, 2.24) is 15.3 Å². The van der Waals surface area contributed by atoms with E-state index in [0.717, 1.165) is 5.56 Å². The molecule has 0 aromatic carbocycles. The Hall–Kier alpha value is -1.05. The number of hydrogen-bond donors (Lipinski definition) is 1. The first-order valence-electron chi connectivity index (χ1n) is 5.94. The first-order valence-corrected chi connectivity index (χ1v) is 7.76. The molecule has 2 unspecified atom stereocenters. The molecule has 0 bridgehead atoms. The van der Waals surface area contributed by atoms with E-state index in [0.29, 0.717) is 19.6 Å². The Morgan fingerprint density at radius 3 is 2.83 bits per heavy atom. The number of rotatable bonds is 1. The van der Waals surface area contributed by atoms with Gasteiger partial charge in [-0.05, 0) is 6.42 Å². The van der Waals surface area contributed by atoms with Crippen LogP contribution < -0.4 is 5.32 Å². The molecule has 2 aliphatic heterocycles. The third-order valence-electron chi connectivity index (χ3n) is 3.58. The van der Waals surface area contributed by atoms with Crippen LogP contribution in [-0.2, 0) is 14.6 Å². The quantitative estimate of drug-likeness (QED) is 0.753. The Kier molecular flexibility index (Phi) is 2.84. The van der Waals surface area contributed by atoms with E-state index in [4.69, 9.17) is 4.74 Å². The van der Waals surface area contributed by atoms with Crippen LogP contribution in [0, 0.1) is 0 Å². The van der Waals surface area contributed by atoms with Crippen molar-refractivity contribution in [2.24, 2.45) is 0 Å². The van der Waals surface area contributed by atoms with Gasteiger partial charge in [0.25, 0.3) is 0 Å². The first kappa shape index (κ1) is 12.0. The van der Waals surface area contributed by atoms with Crippen LogP contribution in [0.15, 0.2) is 18.7 Å². The van der Waals surface area contributed by atoms with Crippen LogP contribution >= 0.6 is 0 Å². The van der Waals surface area contributed by atoms with Crippen molar-refractivity contribution in [3.05, 3.63) is 24.3 Å². The van der Waals surface area contributed by atoms with Crippen molar-refractivity contribution >= 4 is 9.84 Å². The number of aromatic nitrogens is 2. The van der Waals surface area contributed by atoms with Gasteiger partial charge >= 0.3 is 0 Å². The molecule has 1 N–H and O–H groups in total. The molecule has 3 rings (SSSR count). The highest BCUT2D eigenvalue weighted by atomic mass is 32.2. The van der Waals surface area contributed by atoms with Crippen LogP contribution in [0.3, 0.4) is 0 Å². The fourth-order valence-corrected chi connectivity index (χ4v) is 4.73. The molecule has 2 saturated heterocycles. The van der Waals surface area contributed by atoms with E-state index in [1.165, 1.54) is 6.33 Å². The smallest absolute Gasteiger partial charge is 0.153 e. The molecule has 0 amide bonds. The Morgan fingerprint density at radius 2 is 2.17 bits per heavy atom. The monoisotopic (exact) mass is 269 g/mol. The summed E-state index contributed by atoms with van der Waals surface area (Å²) in [5.74, 6) is 0.269. The molecule has 2 atom stereocenters. The van der Waals surface area contributed by atoms with E-state index < -0.39 is 15.4 Å². The summed E-state index contributed by atoms with van der Waals surface area (Å²) in [7, 11) is -3.00. The second-order valence-electron chi connectivity index (χ2n) is 4.81. The molecule has 2 aliphatic rings. The zero-order valence-corrected chi connectivity index (χ0v) is 10.7. The van der Waals surface area contributed by atoms with Gasteiger partial charge in [-0.2, -0.15) is 0 Å². The maximum absolute atomic E-state index is 11.7. The third kappa shape index (κ3) is 2.02. The Bertz CT molecular complexity index is 534. The third-order valence-corrected chi connectivity index (χ3v) is 5.34. The number of sulfone groups is 1. The zero-order valence-electron chi connectivity index (χ0n) is 9.87. The molecule has 1 aromatic heterocycles. The van der Waals surface area contributed by atoms with Gasteiger partial charge in [-0.15, -0.1) is 0 Å². The molecule has 98 valence electrons. The molecular formula is C11H15N3O3S. The topological polar surface area (TPSA) is 81.2 Å². The van der Waals surface area contributed by atoms with Crippen molar-refractivity contribution in [1.29, 1.82) is 0 Å². The van der Waals surface area contributed by atoms with Crippen molar-refractivity contribution < 1.29 is 13.2 Å². The van der Waals surface area contributed by atoms with E-state index in [9.17, 15) is 8.42 Å². The number of hydrogen-bond acceptors (Lipinski definition) is 6. The summed E-state index contributed by atoms with van der Waals surface area (Å²) in [6.07, 6.45) is 5.42. The normalized spacial score (nSPS) is 34.8. The van der Waals surface area contributed by atoms with Crippen LogP contribution in [0.5, 0.6) is 0 Å². The van der Waals surface area contributed by atoms with E-state index in [-0.39, 0.29) is 17.5 Å². The molecule has 2 fully saturated rings. The average Bonchev–Trinajstić information content (AvgIpc) is 2.67. The number of nitrogens with zero attached hydrogens (tertiary/aromatic N) is 2. The van der Waals surface area contributed by atoms with Gasteiger partial charge in [-0.25, -0.2) is 18.4 Å². The fraction of sp³-hybridized carbons (Fsp3) is 0.636. The second-order valence-corrected chi connectivity index (χ2v) is 7.00. The van der Waals surface area contributed by atoms with Crippen LogP contribution in [-0.4, -0.2) is 48.6 Å². The molecule has 6 nitrogen and oxygen atoms in total. The Balaban J connectivity index is 1.97. The summed E-state index contributed by atoms with van der Waals surface area (Å²) in [5.41, 5.74) is 0.233. The van der Waals surface area contributed by atoms with Gasteiger partial charge in [0, 0.05) is 24.5 Å². The minimum Gasteiger partial charge on any atom is -0.371 e. The van der Waals surface area contributed by atoms with Gasteiger partial charge in [0.05, 0.1) is 24.2 Å². The van der Waals surface area contributed by atoms with Gasteiger partial charge in [-0.1, -0.05) is 0 Å². The molecule has 7 heteroatoms. The van der Waals surface area contributed by atoms with E-state index in [1.54, 1.807) is 12.4 Å². The lowest BCUT2D eigenvalue weighted by atomic mass is 9.88. The molecule has 0 saturated carbocycles. The molecule has 3 heterocycles. The summed E-state index contributed by atoms with van der Waals surface area (Å²) >= 11 is 0. The molecule has 1 aromatic rings. The number of ether oxygens (including phenoxy) is 1. The summed E-state index contributed by atoms with van der Waals surface area (Å²) in [4.78, 5) is 7.99. The second kappa shape index (κ2) is 4.25. The maximum Gasteiger partial charge on any atom is 0.153 e. The molecule has 1 spiro atoms. The molecule has 0 radical (unpaired) electrons. The van der Waals surface area contributed by atoms with Crippen molar-refractivity contribution in [2.45, 2.75) is 18.1 Å². The van der Waals surface area contributed by atoms with Crippen molar-refractivity contribution in [3.8, 4) is 0 Å². The Morgan fingerprint density at radius 1 is 1.39 bits per heavy atom. The van der Waals surface area contributed by atoms with Gasteiger partial charge < -0.3 is 10.1 Å². The highest BCUT2D eigenvalue weighted by molar-refractivity contribution is 7.91. The van der Waals surface area contributed by atoms with E-state index >= 15 is 0 Å². The van der Waals surface area contributed by atoms with E-state index in [2.05, 4.69) is 15.3 Å².